The van der Waals surface area contributed by atoms with Crippen LogP contribution in [0.5, 0.6) is 5.75 Å². The number of nitrogens with one attached hydrogen (secondary N) is 2. The molecule has 0 unspecified atom stereocenters. The summed E-state index contributed by atoms with van der Waals surface area (Å²) in [5.74, 6) is 0.271. The Bertz CT molecular complexity index is 1160. The number of benzene rings is 2. The summed E-state index contributed by atoms with van der Waals surface area (Å²) in [6.07, 6.45) is 6.08. The van der Waals surface area contributed by atoms with Crippen molar-refractivity contribution >= 4 is 38.9 Å². The minimum Gasteiger partial charge on any atom is -0.483 e. The Morgan fingerprint density at radius 2 is 1.91 bits per heavy atom. The van der Waals surface area contributed by atoms with Crippen molar-refractivity contribution in [1.29, 1.82) is 0 Å². The van der Waals surface area contributed by atoms with Gasteiger partial charge in [-0.1, -0.05) is 36.4 Å². The second kappa shape index (κ2) is 9.93. The number of carbonyl (C=O) groups excluding carboxylic acids is 2. The molecule has 1 saturated heterocycles. The molecule has 0 saturated carbocycles. The molecular weight excluding hydrogens is 436 g/mol. The third-order valence-electron chi connectivity index (χ3n) is 6.27. The fourth-order valence-corrected chi connectivity index (χ4v) is 5.92. The molecule has 2 amide bonds. The van der Waals surface area contributed by atoms with Crippen molar-refractivity contribution in [2.45, 2.75) is 44.6 Å². The first-order valence-corrected chi connectivity index (χ1v) is 12.5. The molecule has 7 heteroatoms. The van der Waals surface area contributed by atoms with E-state index in [4.69, 9.17) is 9.47 Å². The summed E-state index contributed by atoms with van der Waals surface area (Å²) in [4.78, 5) is 27.1. The highest BCUT2D eigenvalue weighted by atomic mass is 32.1. The zero-order valence-corrected chi connectivity index (χ0v) is 19.3. The molecule has 0 spiro atoms. The number of thiophene rings is 1. The molecule has 1 aliphatic heterocycles. The van der Waals surface area contributed by atoms with Crippen LogP contribution < -0.4 is 15.4 Å². The lowest BCUT2D eigenvalue weighted by molar-refractivity contribution is -0.118. The van der Waals surface area contributed by atoms with Gasteiger partial charge >= 0.3 is 0 Å². The maximum absolute atomic E-state index is 13.1. The maximum atomic E-state index is 13.1. The summed E-state index contributed by atoms with van der Waals surface area (Å²) in [5, 5.41) is 8.64. The Morgan fingerprint density at radius 1 is 1.06 bits per heavy atom. The molecule has 1 aliphatic carbocycles. The van der Waals surface area contributed by atoms with E-state index in [1.807, 2.05) is 42.5 Å². The van der Waals surface area contributed by atoms with E-state index in [0.29, 0.717) is 22.9 Å². The van der Waals surface area contributed by atoms with E-state index in [-0.39, 0.29) is 24.5 Å². The van der Waals surface area contributed by atoms with E-state index in [0.717, 1.165) is 61.5 Å². The van der Waals surface area contributed by atoms with Gasteiger partial charge in [0.15, 0.2) is 6.61 Å². The van der Waals surface area contributed by atoms with Gasteiger partial charge in [0.25, 0.3) is 11.8 Å². The van der Waals surface area contributed by atoms with Gasteiger partial charge in [0.1, 0.15) is 10.8 Å². The second-order valence-electron chi connectivity index (χ2n) is 8.57. The normalized spacial score (nSPS) is 17.5. The third-order valence-corrected chi connectivity index (χ3v) is 7.48. The van der Waals surface area contributed by atoms with Gasteiger partial charge in [-0.25, -0.2) is 0 Å². The number of anilines is 1. The van der Waals surface area contributed by atoms with Crippen LogP contribution >= 0.6 is 11.3 Å². The molecule has 3 aromatic rings. The Kier molecular flexibility index (Phi) is 6.60. The van der Waals surface area contributed by atoms with Crippen molar-refractivity contribution in [3.63, 3.8) is 0 Å². The Morgan fingerprint density at radius 3 is 2.79 bits per heavy atom. The molecule has 5 rings (SSSR count). The summed E-state index contributed by atoms with van der Waals surface area (Å²) in [5.41, 5.74) is 1.70. The molecule has 2 aliphatic rings. The molecular formula is C26H28N2O4S. The SMILES string of the molecule is O=C(COc1cccc2ccccc12)Nc1sc2c(c1C(=O)NC[C@@H]1CCCO1)CCCC2. The van der Waals surface area contributed by atoms with Gasteiger partial charge in [-0.2, -0.15) is 0 Å². The number of aryl methyl sites for hydroxylation is 1. The van der Waals surface area contributed by atoms with Crippen LogP contribution in [0, 0.1) is 0 Å². The topological polar surface area (TPSA) is 76.7 Å². The Labute approximate surface area is 197 Å². The predicted molar refractivity (Wildman–Crippen MR) is 130 cm³/mol. The molecule has 33 heavy (non-hydrogen) atoms. The van der Waals surface area contributed by atoms with Crippen molar-refractivity contribution in [3.8, 4) is 5.75 Å². The largest absolute Gasteiger partial charge is 0.483 e. The van der Waals surface area contributed by atoms with Crippen molar-refractivity contribution < 1.29 is 19.1 Å². The fourth-order valence-electron chi connectivity index (χ4n) is 4.62. The number of amides is 2. The second-order valence-corrected chi connectivity index (χ2v) is 9.68. The smallest absolute Gasteiger partial charge is 0.262 e. The summed E-state index contributed by atoms with van der Waals surface area (Å²) in [6, 6.07) is 13.7. The van der Waals surface area contributed by atoms with Crippen LogP contribution in [-0.4, -0.2) is 37.7 Å². The van der Waals surface area contributed by atoms with E-state index < -0.39 is 0 Å². The van der Waals surface area contributed by atoms with Crippen LogP contribution in [0.15, 0.2) is 42.5 Å². The van der Waals surface area contributed by atoms with Gasteiger partial charge in [0.2, 0.25) is 0 Å². The van der Waals surface area contributed by atoms with Crippen molar-refractivity contribution in [1.82, 2.24) is 5.32 Å². The van der Waals surface area contributed by atoms with Crippen molar-refractivity contribution in [2.75, 3.05) is 25.1 Å². The number of rotatable bonds is 7. The molecule has 1 atom stereocenters. The quantitative estimate of drug-likeness (QED) is 0.531. The molecule has 1 aromatic heterocycles. The first kappa shape index (κ1) is 21.9. The van der Waals surface area contributed by atoms with E-state index in [1.54, 1.807) is 0 Å². The van der Waals surface area contributed by atoms with Crippen molar-refractivity contribution in [3.05, 3.63) is 58.5 Å². The zero-order chi connectivity index (χ0) is 22.6. The van der Waals surface area contributed by atoms with E-state index in [1.165, 1.54) is 16.2 Å². The highest BCUT2D eigenvalue weighted by molar-refractivity contribution is 7.17. The molecule has 2 N–H and O–H groups in total. The first-order valence-electron chi connectivity index (χ1n) is 11.6. The first-order chi connectivity index (χ1) is 16.2. The lowest BCUT2D eigenvalue weighted by Gasteiger charge is -2.15. The molecule has 172 valence electrons. The predicted octanol–water partition coefficient (Wildman–Crippen LogP) is 4.71. The summed E-state index contributed by atoms with van der Waals surface area (Å²) < 4.78 is 11.5. The number of fused-ring (bicyclic) bond motifs is 2. The Hall–Kier alpha value is -2.90. The average Bonchev–Trinajstić information content (AvgIpc) is 3.48. The zero-order valence-electron chi connectivity index (χ0n) is 18.5. The third kappa shape index (κ3) is 4.89. The Balaban J connectivity index is 1.29. The van der Waals surface area contributed by atoms with Gasteiger partial charge in [-0.05, 0) is 55.5 Å². The minimum atomic E-state index is -0.269. The molecule has 2 heterocycles. The fraction of sp³-hybridized carbons (Fsp3) is 0.385. The molecule has 6 nitrogen and oxygen atoms in total. The number of carbonyl (C=O) groups is 2. The van der Waals surface area contributed by atoms with Crippen LogP contribution in [0.2, 0.25) is 0 Å². The standard InChI is InChI=1S/C26H28N2O4S/c29-23(16-32-21-12-5-8-17-7-1-2-10-19(17)21)28-26-24(20-11-3-4-13-22(20)33-26)25(30)27-15-18-9-6-14-31-18/h1-2,5,7-8,10,12,18H,3-4,6,9,11,13-16H2,(H,27,30)(H,28,29)/t18-/m0/s1. The molecule has 1 fully saturated rings. The summed E-state index contributed by atoms with van der Waals surface area (Å²) in [7, 11) is 0. The van der Waals surface area contributed by atoms with Crippen molar-refractivity contribution in [2.24, 2.45) is 0 Å². The van der Waals surface area contributed by atoms with Gasteiger partial charge in [0, 0.05) is 23.4 Å². The van der Waals surface area contributed by atoms with Gasteiger partial charge in [-0.3, -0.25) is 9.59 Å². The molecule has 2 aromatic carbocycles. The number of hydrogen-bond acceptors (Lipinski definition) is 5. The number of ether oxygens (including phenoxy) is 2. The molecule has 0 bridgehead atoms. The summed E-state index contributed by atoms with van der Waals surface area (Å²) >= 11 is 1.52. The average molecular weight is 465 g/mol. The van der Waals surface area contributed by atoms with E-state index in [9.17, 15) is 9.59 Å². The van der Waals surface area contributed by atoms with Crippen LogP contribution in [0.25, 0.3) is 10.8 Å². The number of hydrogen-bond donors (Lipinski definition) is 2. The van der Waals surface area contributed by atoms with Gasteiger partial charge in [-0.15, -0.1) is 11.3 Å². The van der Waals surface area contributed by atoms with E-state index in [2.05, 4.69) is 10.6 Å². The maximum Gasteiger partial charge on any atom is 0.262 e. The van der Waals surface area contributed by atoms with Crippen LogP contribution in [0.3, 0.4) is 0 Å². The monoisotopic (exact) mass is 464 g/mol. The van der Waals surface area contributed by atoms with Crippen LogP contribution in [0.1, 0.15) is 46.5 Å². The lowest BCUT2D eigenvalue weighted by atomic mass is 9.95. The lowest BCUT2D eigenvalue weighted by Crippen LogP contribution is -2.33. The minimum absolute atomic E-state index is 0.0792. The van der Waals surface area contributed by atoms with Gasteiger partial charge < -0.3 is 20.1 Å². The van der Waals surface area contributed by atoms with Crippen LogP contribution in [0.4, 0.5) is 5.00 Å². The van der Waals surface area contributed by atoms with Gasteiger partial charge in [0.05, 0.1) is 11.7 Å². The van der Waals surface area contributed by atoms with E-state index >= 15 is 0 Å². The molecule has 0 radical (unpaired) electrons. The van der Waals surface area contributed by atoms with Crippen LogP contribution in [-0.2, 0) is 22.4 Å². The summed E-state index contributed by atoms with van der Waals surface area (Å²) in [6.45, 7) is 1.14. The highest BCUT2D eigenvalue weighted by Gasteiger charge is 2.27. The highest BCUT2D eigenvalue weighted by Crippen LogP contribution is 2.38.